The zero-order valence-corrected chi connectivity index (χ0v) is 14.5. The van der Waals surface area contributed by atoms with Gasteiger partial charge < -0.3 is 5.32 Å². The van der Waals surface area contributed by atoms with Crippen LogP contribution in [-0.4, -0.2) is 31.6 Å². The highest BCUT2D eigenvalue weighted by Gasteiger charge is 2.31. The van der Waals surface area contributed by atoms with Gasteiger partial charge in [-0.15, -0.1) is 11.3 Å². The number of thiophene rings is 1. The summed E-state index contributed by atoms with van der Waals surface area (Å²) in [4.78, 5) is 5.62. The van der Waals surface area contributed by atoms with Crippen LogP contribution in [0.4, 0.5) is 0 Å². The van der Waals surface area contributed by atoms with E-state index in [1.54, 1.807) is 4.88 Å². The first-order chi connectivity index (χ1) is 9.43. The molecule has 2 unspecified atom stereocenters. The standard InChI is InChI=1S/C17H30N2S/c1-6-18-12-13-8-7-11-19(5)16(13)14-9-10-15(20-14)17(2,3)4/h9-10,13,16,18H,6-8,11-12H2,1-5H3. The van der Waals surface area contributed by atoms with Gasteiger partial charge in [-0.25, -0.2) is 0 Å². The molecular weight excluding hydrogens is 264 g/mol. The third kappa shape index (κ3) is 3.63. The maximum atomic E-state index is 3.55. The second kappa shape index (κ2) is 6.59. The van der Waals surface area contributed by atoms with Crippen molar-refractivity contribution < 1.29 is 0 Å². The Labute approximate surface area is 128 Å². The monoisotopic (exact) mass is 294 g/mol. The Morgan fingerprint density at radius 1 is 1.35 bits per heavy atom. The van der Waals surface area contributed by atoms with Gasteiger partial charge in [0.05, 0.1) is 0 Å². The Kier molecular flexibility index (Phi) is 5.27. The summed E-state index contributed by atoms with van der Waals surface area (Å²) in [5.41, 5.74) is 0.271. The molecule has 0 spiro atoms. The van der Waals surface area contributed by atoms with Crippen LogP contribution in [0, 0.1) is 5.92 Å². The van der Waals surface area contributed by atoms with E-state index in [1.807, 2.05) is 11.3 Å². The van der Waals surface area contributed by atoms with Crippen LogP contribution < -0.4 is 5.32 Å². The fraction of sp³-hybridized carbons (Fsp3) is 0.765. The zero-order chi connectivity index (χ0) is 14.8. The molecule has 0 amide bonds. The topological polar surface area (TPSA) is 15.3 Å². The number of piperidine rings is 1. The predicted molar refractivity (Wildman–Crippen MR) is 89.7 cm³/mol. The number of hydrogen-bond donors (Lipinski definition) is 1. The van der Waals surface area contributed by atoms with E-state index in [4.69, 9.17) is 0 Å². The zero-order valence-electron chi connectivity index (χ0n) is 13.7. The molecule has 1 saturated heterocycles. The van der Waals surface area contributed by atoms with E-state index in [9.17, 15) is 0 Å². The van der Waals surface area contributed by atoms with Gasteiger partial charge in [-0.1, -0.05) is 27.7 Å². The molecule has 2 nitrogen and oxygen atoms in total. The summed E-state index contributed by atoms with van der Waals surface area (Å²) >= 11 is 2.02. The molecule has 2 atom stereocenters. The minimum absolute atomic E-state index is 0.271. The van der Waals surface area contributed by atoms with Crippen molar-refractivity contribution in [2.24, 2.45) is 5.92 Å². The third-order valence-corrected chi connectivity index (χ3v) is 5.90. The van der Waals surface area contributed by atoms with Crippen LogP contribution in [0.2, 0.25) is 0 Å². The van der Waals surface area contributed by atoms with Gasteiger partial charge >= 0.3 is 0 Å². The minimum atomic E-state index is 0.271. The van der Waals surface area contributed by atoms with Crippen molar-refractivity contribution in [2.75, 3.05) is 26.7 Å². The van der Waals surface area contributed by atoms with E-state index in [0.29, 0.717) is 6.04 Å². The first-order valence-electron chi connectivity index (χ1n) is 7.94. The lowest BCUT2D eigenvalue weighted by Crippen LogP contribution is -2.40. The molecule has 114 valence electrons. The van der Waals surface area contributed by atoms with Crippen LogP contribution >= 0.6 is 11.3 Å². The van der Waals surface area contributed by atoms with Crippen molar-refractivity contribution in [3.63, 3.8) is 0 Å². The highest BCUT2D eigenvalue weighted by molar-refractivity contribution is 7.12. The quantitative estimate of drug-likeness (QED) is 0.901. The third-order valence-electron chi connectivity index (χ3n) is 4.32. The first kappa shape index (κ1) is 16.0. The van der Waals surface area contributed by atoms with Crippen molar-refractivity contribution in [3.05, 3.63) is 21.9 Å². The van der Waals surface area contributed by atoms with Crippen LogP contribution in [0.15, 0.2) is 12.1 Å². The van der Waals surface area contributed by atoms with Crippen LogP contribution in [0.25, 0.3) is 0 Å². The second-order valence-corrected chi connectivity index (χ2v) is 8.20. The van der Waals surface area contributed by atoms with E-state index in [2.05, 4.69) is 57.1 Å². The molecule has 3 heteroatoms. The first-order valence-corrected chi connectivity index (χ1v) is 8.76. The largest absolute Gasteiger partial charge is 0.317 e. The SMILES string of the molecule is CCNCC1CCCN(C)C1c1ccc(C(C)(C)C)s1. The molecule has 2 rings (SSSR count). The van der Waals surface area contributed by atoms with Gasteiger partial charge in [-0.2, -0.15) is 0 Å². The molecule has 1 aromatic rings. The number of rotatable bonds is 4. The number of likely N-dealkylation sites (tertiary alicyclic amines) is 1. The summed E-state index contributed by atoms with van der Waals surface area (Å²) in [5, 5.41) is 3.55. The van der Waals surface area contributed by atoms with Gasteiger partial charge in [-0.05, 0) is 63.0 Å². The lowest BCUT2D eigenvalue weighted by atomic mass is 9.88. The average Bonchev–Trinajstić information content (AvgIpc) is 2.85. The Morgan fingerprint density at radius 2 is 2.10 bits per heavy atom. The van der Waals surface area contributed by atoms with Crippen LogP contribution in [0.3, 0.4) is 0 Å². The number of hydrogen-bond acceptors (Lipinski definition) is 3. The maximum absolute atomic E-state index is 3.55. The molecule has 0 aliphatic carbocycles. The maximum Gasteiger partial charge on any atom is 0.0478 e. The van der Waals surface area contributed by atoms with Crippen LogP contribution in [0.1, 0.15) is 56.3 Å². The fourth-order valence-corrected chi connectivity index (χ4v) is 4.49. The lowest BCUT2D eigenvalue weighted by Gasteiger charge is -2.39. The van der Waals surface area contributed by atoms with Gasteiger partial charge in [-0.3, -0.25) is 4.90 Å². The minimum Gasteiger partial charge on any atom is -0.317 e. The Morgan fingerprint density at radius 3 is 2.70 bits per heavy atom. The highest BCUT2D eigenvalue weighted by Crippen LogP contribution is 2.40. The Hall–Kier alpha value is -0.380. The molecule has 0 aromatic carbocycles. The van der Waals surface area contributed by atoms with Crippen molar-refractivity contribution in [1.29, 1.82) is 0 Å². The van der Waals surface area contributed by atoms with E-state index in [1.165, 1.54) is 24.3 Å². The van der Waals surface area contributed by atoms with E-state index in [-0.39, 0.29) is 5.41 Å². The van der Waals surface area contributed by atoms with Crippen molar-refractivity contribution in [2.45, 2.75) is 52.0 Å². The molecule has 0 bridgehead atoms. The lowest BCUT2D eigenvalue weighted by molar-refractivity contribution is 0.122. The summed E-state index contributed by atoms with van der Waals surface area (Å²) in [6, 6.07) is 5.31. The Balaban J connectivity index is 2.19. The van der Waals surface area contributed by atoms with Gasteiger partial charge in [0.2, 0.25) is 0 Å². The smallest absolute Gasteiger partial charge is 0.0478 e. The van der Waals surface area contributed by atoms with E-state index < -0.39 is 0 Å². The molecule has 1 N–H and O–H groups in total. The molecule has 0 radical (unpaired) electrons. The van der Waals surface area contributed by atoms with Gasteiger partial charge in [0, 0.05) is 15.8 Å². The summed E-state index contributed by atoms with van der Waals surface area (Å²) < 4.78 is 0. The highest BCUT2D eigenvalue weighted by atomic mass is 32.1. The van der Waals surface area contributed by atoms with Gasteiger partial charge in [0.25, 0.3) is 0 Å². The van der Waals surface area contributed by atoms with E-state index >= 15 is 0 Å². The number of nitrogens with one attached hydrogen (secondary N) is 1. The Bertz CT molecular complexity index is 419. The summed E-state index contributed by atoms with van der Waals surface area (Å²) in [7, 11) is 2.29. The number of nitrogens with zero attached hydrogens (tertiary/aromatic N) is 1. The molecule has 1 aliphatic heterocycles. The molecule has 1 aliphatic rings. The second-order valence-electron chi connectivity index (χ2n) is 7.09. The molecule has 1 fully saturated rings. The van der Waals surface area contributed by atoms with Crippen LogP contribution in [0.5, 0.6) is 0 Å². The van der Waals surface area contributed by atoms with Crippen molar-refractivity contribution in [3.8, 4) is 0 Å². The van der Waals surface area contributed by atoms with Gasteiger partial charge in [0.1, 0.15) is 0 Å². The van der Waals surface area contributed by atoms with E-state index in [0.717, 1.165) is 19.0 Å². The van der Waals surface area contributed by atoms with Crippen molar-refractivity contribution in [1.82, 2.24) is 10.2 Å². The molecule has 0 saturated carbocycles. The van der Waals surface area contributed by atoms with Crippen LogP contribution in [-0.2, 0) is 5.41 Å². The van der Waals surface area contributed by atoms with Crippen molar-refractivity contribution >= 4 is 11.3 Å². The molecule has 1 aromatic heterocycles. The summed E-state index contributed by atoms with van der Waals surface area (Å²) in [5.74, 6) is 0.750. The van der Waals surface area contributed by atoms with Gasteiger partial charge in [0.15, 0.2) is 0 Å². The summed E-state index contributed by atoms with van der Waals surface area (Å²) in [6.45, 7) is 12.6. The predicted octanol–water partition coefficient (Wildman–Crippen LogP) is 4.04. The average molecular weight is 295 g/mol. The molecule has 20 heavy (non-hydrogen) atoms. The normalized spacial score (nSPS) is 25.1. The molecular formula is C17H30N2S. The molecule has 2 heterocycles. The fourth-order valence-electron chi connectivity index (χ4n) is 3.17. The summed E-state index contributed by atoms with van der Waals surface area (Å²) in [6.07, 6.45) is 2.69.